The molecule has 0 saturated carbocycles. The second-order valence-corrected chi connectivity index (χ2v) is 5.54. The van der Waals surface area contributed by atoms with Crippen LogP contribution in [0.2, 0.25) is 0 Å². The quantitative estimate of drug-likeness (QED) is 0.800. The molecule has 21 heavy (non-hydrogen) atoms. The van der Waals surface area contributed by atoms with Crippen molar-refractivity contribution < 1.29 is 14.3 Å². The number of ether oxygens (including phenoxy) is 2. The molecule has 1 aliphatic rings. The number of carbonyl (C=O) groups is 1. The number of thiocarbonyl (C=S) groups is 1. The number of carbonyl (C=O) groups excluding carboxylic acids is 1. The molecule has 1 aromatic carbocycles. The molecule has 0 radical (unpaired) electrons. The maximum absolute atomic E-state index is 12.1. The van der Waals surface area contributed by atoms with Gasteiger partial charge < -0.3 is 20.1 Å². The van der Waals surface area contributed by atoms with Crippen LogP contribution in [0.5, 0.6) is 5.75 Å². The summed E-state index contributed by atoms with van der Waals surface area (Å²) in [7, 11) is 1.68. The van der Waals surface area contributed by atoms with Gasteiger partial charge in [-0.2, -0.15) is 0 Å². The number of nitrogens with two attached hydrogens (primary N) is 1. The summed E-state index contributed by atoms with van der Waals surface area (Å²) >= 11 is 4.97. The van der Waals surface area contributed by atoms with E-state index in [4.69, 9.17) is 27.4 Å². The lowest BCUT2D eigenvalue weighted by molar-refractivity contribution is -0.132. The SMILES string of the molecule is COCC1CCN(C(=O)COc2ccccc2C(N)=S)C1. The smallest absolute Gasteiger partial charge is 0.260 e. The summed E-state index contributed by atoms with van der Waals surface area (Å²) in [4.78, 5) is 14.2. The molecule has 114 valence electrons. The second kappa shape index (κ2) is 7.38. The van der Waals surface area contributed by atoms with Crippen LogP contribution in [0.4, 0.5) is 0 Å². The number of nitrogens with zero attached hydrogens (tertiary/aromatic N) is 1. The van der Waals surface area contributed by atoms with Gasteiger partial charge in [0.2, 0.25) is 0 Å². The van der Waals surface area contributed by atoms with E-state index < -0.39 is 0 Å². The van der Waals surface area contributed by atoms with E-state index in [2.05, 4.69) is 0 Å². The van der Waals surface area contributed by atoms with Crippen molar-refractivity contribution in [3.8, 4) is 5.75 Å². The molecule has 1 saturated heterocycles. The first-order chi connectivity index (χ1) is 10.1. The average Bonchev–Trinajstić information content (AvgIpc) is 2.94. The summed E-state index contributed by atoms with van der Waals surface area (Å²) in [5.41, 5.74) is 6.29. The van der Waals surface area contributed by atoms with Crippen molar-refractivity contribution in [1.29, 1.82) is 0 Å². The molecule has 0 aromatic heterocycles. The molecule has 0 spiro atoms. The summed E-state index contributed by atoms with van der Waals surface area (Å²) in [6, 6.07) is 7.21. The molecule has 0 bridgehead atoms. The zero-order chi connectivity index (χ0) is 15.2. The van der Waals surface area contributed by atoms with Crippen molar-refractivity contribution in [2.75, 3.05) is 33.4 Å². The Labute approximate surface area is 130 Å². The Balaban J connectivity index is 1.89. The minimum Gasteiger partial charge on any atom is -0.483 e. The third kappa shape index (κ3) is 4.15. The maximum atomic E-state index is 12.1. The maximum Gasteiger partial charge on any atom is 0.260 e. The van der Waals surface area contributed by atoms with Gasteiger partial charge in [0.05, 0.1) is 12.2 Å². The molecular formula is C15H20N2O3S. The van der Waals surface area contributed by atoms with Crippen molar-refractivity contribution in [1.82, 2.24) is 4.90 Å². The van der Waals surface area contributed by atoms with Crippen LogP contribution in [-0.4, -0.2) is 49.2 Å². The Hall–Kier alpha value is -1.66. The lowest BCUT2D eigenvalue weighted by Gasteiger charge is -2.17. The first-order valence-electron chi connectivity index (χ1n) is 6.90. The van der Waals surface area contributed by atoms with E-state index in [0.29, 0.717) is 23.8 Å². The Morgan fingerprint density at radius 3 is 2.95 bits per heavy atom. The van der Waals surface area contributed by atoms with Crippen LogP contribution in [0.3, 0.4) is 0 Å². The molecule has 5 nitrogen and oxygen atoms in total. The minimum absolute atomic E-state index is 0.000666. The van der Waals surface area contributed by atoms with Gasteiger partial charge in [0.15, 0.2) is 6.61 Å². The molecule has 1 aliphatic heterocycles. The van der Waals surface area contributed by atoms with E-state index in [-0.39, 0.29) is 17.5 Å². The summed E-state index contributed by atoms with van der Waals surface area (Å²) in [5, 5.41) is 0. The van der Waals surface area contributed by atoms with Gasteiger partial charge in [-0.15, -0.1) is 0 Å². The van der Waals surface area contributed by atoms with Crippen LogP contribution in [0.1, 0.15) is 12.0 Å². The summed E-state index contributed by atoms with van der Waals surface area (Å²) in [6.45, 7) is 2.17. The van der Waals surface area contributed by atoms with Crippen LogP contribution in [0.25, 0.3) is 0 Å². The van der Waals surface area contributed by atoms with Crippen molar-refractivity contribution in [3.05, 3.63) is 29.8 Å². The third-order valence-electron chi connectivity index (χ3n) is 3.54. The largest absolute Gasteiger partial charge is 0.483 e. The molecule has 1 heterocycles. The van der Waals surface area contributed by atoms with Gasteiger partial charge >= 0.3 is 0 Å². The van der Waals surface area contributed by atoms with Gasteiger partial charge in [0, 0.05) is 26.1 Å². The van der Waals surface area contributed by atoms with E-state index in [0.717, 1.165) is 19.5 Å². The Morgan fingerprint density at radius 2 is 2.24 bits per heavy atom. The van der Waals surface area contributed by atoms with Crippen molar-refractivity contribution in [2.24, 2.45) is 11.7 Å². The first kappa shape index (κ1) is 15.7. The number of benzene rings is 1. The molecule has 2 N–H and O–H groups in total. The van der Waals surface area contributed by atoms with Gasteiger partial charge in [0.1, 0.15) is 10.7 Å². The van der Waals surface area contributed by atoms with Crippen molar-refractivity contribution in [3.63, 3.8) is 0 Å². The first-order valence-corrected chi connectivity index (χ1v) is 7.31. The zero-order valence-electron chi connectivity index (χ0n) is 12.1. The van der Waals surface area contributed by atoms with Crippen LogP contribution < -0.4 is 10.5 Å². The number of hydrogen-bond acceptors (Lipinski definition) is 4. The fourth-order valence-electron chi connectivity index (χ4n) is 2.46. The number of amides is 1. The van der Waals surface area contributed by atoms with Crippen LogP contribution >= 0.6 is 12.2 Å². The Bertz CT molecular complexity index is 521. The van der Waals surface area contributed by atoms with E-state index in [1.807, 2.05) is 17.0 Å². The molecule has 1 aromatic rings. The normalized spacial score (nSPS) is 17.8. The average molecular weight is 308 g/mol. The number of para-hydroxylation sites is 1. The third-order valence-corrected chi connectivity index (χ3v) is 3.76. The van der Waals surface area contributed by atoms with Crippen LogP contribution in [0, 0.1) is 5.92 Å². The highest BCUT2D eigenvalue weighted by atomic mass is 32.1. The Kier molecular flexibility index (Phi) is 5.52. The van der Waals surface area contributed by atoms with E-state index in [9.17, 15) is 4.79 Å². The lowest BCUT2D eigenvalue weighted by atomic mass is 10.1. The molecular weight excluding hydrogens is 288 g/mol. The molecule has 0 aliphatic carbocycles. The number of likely N-dealkylation sites (tertiary alicyclic amines) is 1. The summed E-state index contributed by atoms with van der Waals surface area (Å²) < 4.78 is 10.7. The number of hydrogen-bond donors (Lipinski definition) is 1. The predicted octanol–water partition coefficient (Wildman–Crippen LogP) is 1.19. The Morgan fingerprint density at radius 1 is 1.48 bits per heavy atom. The van der Waals surface area contributed by atoms with Crippen LogP contribution in [0.15, 0.2) is 24.3 Å². The zero-order valence-corrected chi connectivity index (χ0v) is 12.9. The molecule has 1 unspecified atom stereocenters. The lowest BCUT2D eigenvalue weighted by Crippen LogP contribution is -2.33. The van der Waals surface area contributed by atoms with Gasteiger partial charge in [-0.05, 0) is 18.6 Å². The monoisotopic (exact) mass is 308 g/mol. The highest BCUT2D eigenvalue weighted by Crippen LogP contribution is 2.19. The van der Waals surface area contributed by atoms with Crippen LogP contribution in [-0.2, 0) is 9.53 Å². The molecule has 2 rings (SSSR count). The highest BCUT2D eigenvalue weighted by molar-refractivity contribution is 7.80. The van der Waals surface area contributed by atoms with Gasteiger partial charge in [-0.1, -0.05) is 24.4 Å². The molecule has 1 atom stereocenters. The molecule has 1 fully saturated rings. The van der Waals surface area contributed by atoms with Crippen molar-refractivity contribution in [2.45, 2.75) is 6.42 Å². The van der Waals surface area contributed by atoms with E-state index >= 15 is 0 Å². The van der Waals surface area contributed by atoms with Gasteiger partial charge in [0.25, 0.3) is 5.91 Å². The number of rotatable bonds is 6. The van der Waals surface area contributed by atoms with Crippen molar-refractivity contribution >= 4 is 23.1 Å². The standard InChI is InChI=1S/C15H20N2O3S/c1-19-9-11-6-7-17(8-11)14(18)10-20-13-5-3-2-4-12(13)15(16)21/h2-5,11H,6-10H2,1H3,(H2,16,21). The van der Waals surface area contributed by atoms with E-state index in [1.54, 1.807) is 19.2 Å². The highest BCUT2D eigenvalue weighted by Gasteiger charge is 2.26. The van der Waals surface area contributed by atoms with Gasteiger partial charge in [-0.25, -0.2) is 0 Å². The fourth-order valence-corrected chi connectivity index (χ4v) is 2.63. The molecule has 1 amide bonds. The topological polar surface area (TPSA) is 64.8 Å². The summed E-state index contributed by atoms with van der Waals surface area (Å²) in [5.74, 6) is 0.945. The minimum atomic E-state index is -0.0219. The summed E-state index contributed by atoms with van der Waals surface area (Å²) in [6.07, 6.45) is 0.975. The second-order valence-electron chi connectivity index (χ2n) is 5.10. The van der Waals surface area contributed by atoms with Gasteiger partial charge in [-0.3, -0.25) is 4.79 Å². The van der Waals surface area contributed by atoms with E-state index in [1.165, 1.54) is 0 Å². The molecule has 6 heteroatoms. The number of methoxy groups -OCH3 is 1. The fraction of sp³-hybridized carbons (Fsp3) is 0.467. The predicted molar refractivity (Wildman–Crippen MR) is 84.4 cm³/mol.